The summed E-state index contributed by atoms with van der Waals surface area (Å²) < 4.78 is 0. The van der Waals surface area contributed by atoms with Crippen LogP contribution in [0.15, 0.2) is 36.8 Å². The number of unbranched alkanes of at least 4 members (excludes halogenated alkanes) is 1. The second kappa shape index (κ2) is 15.8. The van der Waals surface area contributed by atoms with Crippen molar-refractivity contribution in [2.75, 3.05) is 6.54 Å². The van der Waals surface area contributed by atoms with E-state index in [0.717, 1.165) is 0 Å². The van der Waals surface area contributed by atoms with Crippen molar-refractivity contribution in [3.63, 3.8) is 0 Å². The third-order valence-electron chi connectivity index (χ3n) is 5.94. The normalized spacial score (nSPS) is 13.8. The van der Waals surface area contributed by atoms with Crippen LogP contribution < -0.4 is 33.2 Å². The van der Waals surface area contributed by atoms with E-state index in [1.807, 2.05) is 0 Å². The van der Waals surface area contributed by atoms with Crippen molar-refractivity contribution in [3.8, 4) is 5.75 Å². The van der Waals surface area contributed by atoms with E-state index < -0.39 is 60.2 Å². The number of aromatic amines is 1. The number of benzene rings is 1. The van der Waals surface area contributed by atoms with Crippen LogP contribution in [0, 0.1) is 0 Å². The van der Waals surface area contributed by atoms with E-state index in [4.69, 9.17) is 17.2 Å². The number of aromatic nitrogens is 2. The van der Waals surface area contributed by atoms with Gasteiger partial charge in [-0.25, -0.2) is 9.78 Å². The molecule has 12 N–H and O–H groups in total. The summed E-state index contributed by atoms with van der Waals surface area (Å²) in [7, 11) is 0. The smallest absolute Gasteiger partial charge is 0.326 e. The first-order valence-electron chi connectivity index (χ1n) is 12.6. The zero-order valence-electron chi connectivity index (χ0n) is 21.8. The van der Waals surface area contributed by atoms with E-state index in [9.17, 15) is 34.2 Å². The molecule has 4 amide bonds. The summed E-state index contributed by atoms with van der Waals surface area (Å²) in [5, 5.41) is 26.2. The van der Waals surface area contributed by atoms with Crippen LogP contribution in [0.25, 0.3) is 0 Å². The predicted octanol–water partition coefficient (Wildman–Crippen LogP) is -2.23. The van der Waals surface area contributed by atoms with Crippen molar-refractivity contribution in [2.24, 2.45) is 17.2 Å². The number of hydrogen-bond donors (Lipinski definition) is 9. The Morgan fingerprint density at radius 1 is 0.900 bits per heavy atom. The molecule has 40 heavy (non-hydrogen) atoms. The molecule has 0 aliphatic heterocycles. The van der Waals surface area contributed by atoms with Crippen molar-refractivity contribution in [1.29, 1.82) is 0 Å². The van der Waals surface area contributed by atoms with Gasteiger partial charge in [0.05, 0.1) is 18.8 Å². The highest BCUT2D eigenvalue weighted by Gasteiger charge is 2.31. The van der Waals surface area contributed by atoms with E-state index in [2.05, 4.69) is 25.9 Å². The van der Waals surface area contributed by atoms with Gasteiger partial charge in [0, 0.05) is 18.3 Å². The summed E-state index contributed by atoms with van der Waals surface area (Å²) in [5.41, 5.74) is 17.9. The van der Waals surface area contributed by atoms with E-state index in [-0.39, 0.29) is 25.0 Å². The van der Waals surface area contributed by atoms with Crippen LogP contribution in [0.5, 0.6) is 5.75 Å². The molecule has 15 nitrogen and oxygen atoms in total. The van der Waals surface area contributed by atoms with Crippen LogP contribution in [0.2, 0.25) is 0 Å². The first-order chi connectivity index (χ1) is 19.0. The molecular weight excluding hydrogens is 524 g/mol. The summed E-state index contributed by atoms with van der Waals surface area (Å²) in [4.78, 5) is 68.7. The first-order valence-corrected chi connectivity index (χ1v) is 12.6. The number of imidazole rings is 1. The quantitative estimate of drug-likeness (QED) is 0.0939. The average molecular weight is 561 g/mol. The lowest BCUT2D eigenvalue weighted by atomic mass is 10.0. The molecule has 0 saturated carbocycles. The van der Waals surface area contributed by atoms with Gasteiger partial charge in [0.2, 0.25) is 23.6 Å². The third kappa shape index (κ3) is 10.7. The Kier molecular flexibility index (Phi) is 12.5. The lowest BCUT2D eigenvalue weighted by Gasteiger charge is -2.25. The predicted molar refractivity (Wildman–Crippen MR) is 142 cm³/mol. The number of nitrogens with one attached hydrogen (secondary N) is 4. The number of aromatic hydroxyl groups is 1. The second-order valence-electron chi connectivity index (χ2n) is 9.23. The van der Waals surface area contributed by atoms with Gasteiger partial charge in [-0.1, -0.05) is 12.1 Å². The van der Waals surface area contributed by atoms with E-state index in [1.54, 1.807) is 12.1 Å². The molecule has 0 aliphatic carbocycles. The molecule has 2 aromatic rings. The molecule has 2 rings (SSSR count). The molecule has 1 heterocycles. The van der Waals surface area contributed by atoms with Crippen LogP contribution in [0.1, 0.15) is 36.9 Å². The highest BCUT2D eigenvalue weighted by molar-refractivity contribution is 5.95. The monoisotopic (exact) mass is 560 g/mol. The number of primary amides is 1. The Morgan fingerprint density at radius 3 is 2.10 bits per heavy atom. The minimum absolute atomic E-state index is 0.0138. The largest absolute Gasteiger partial charge is 0.508 e. The molecule has 4 atom stereocenters. The number of nitrogens with two attached hydrogens (primary N) is 3. The number of aliphatic carboxylic acids is 1. The fraction of sp³-hybridized carbons (Fsp3) is 0.440. The molecule has 15 heteroatoms. The number of H-pyrrole nitrogens is 1. The van der Waals surface area contributed by atoms with Gasteiger partial charge in [-0.15, -0.1) is 0 Å². The van der Waals surface area contributed by atoms with Crippen LogP contribution in [0.4, 0.5) is 0 Å². The van der Waals surface area contributed by atoms with Gasteiger partial charge in [-0.3, -0.25) is 19.2 Å². The topological polar surface area (TPSA) is 269 Å². The summed E-state index contributed by atoms with van der Waals surface area (Å²) in [6.45, 7) is 0.332. The number of carbonyl (C=O) groups excluding carboxylic acids is 4. The zero-order valence-corrected chi connectivity index (χ0v) is 21.8. The highest BCUT2D eigenvalue weighted by atomic mass is 16.4. The van der Waals surface area contributed by atoms with Gasteiger partial charge in [-0.2, -0.15) is 0 Å². The molecule has 0 spiro atoms. The number of nitrogens with zero attached hydrogens (tertiary/aromatic N) is 1. The molecule has 0 radical (unpaired) electrons. The van der Waals surface area contributed by atoms with E-state index >= 15 is 0 Å². The SMILES string of the molecule is NCCCCC(NC(=O)C(Cc1cnc[nH]1)NC(=O)C(N)Cc1ccc(O)cc1)C(=O)NC(CC(N)=O)C(=O)O. The summed E-state index contributed by atoms with van der Waals surface area (Å²) in [6, 6.07) is 1.16. The van der Waals surface area contributed by atoms with Crippen LogP contribution >= 0.6 is 0 Å². The molecule has 4 unspecified atom stereocenters. The number of hydrogen-bond acceptors (Lipinski definition) is 9. The van der Waals surface area contributed by atoms with Crippen LogP contribution in [0.3, 0.4) is 0 Å². The van der Waals surface area contributed by atoms with E-state index in [1.165, 1.54) is 24.7 Å². The standard InChI is InChI=1S/C25H36N8O7/c26-8-2-1-3-18(23(37)33-20(25(39)40)11-21(28)35)31-24(38)19(10-15-12-29-13-30-15)32-22(36)17(27)9-14-4-6-16(34)7-5-14/h4-7,12-13,17-20,34H,1-3,8-11,26-27H2,(H2,28,35)(H,29,30)(H,31,38)(H,32,36)(H,33,37)(H,39,40). The average Bonchev–Trinajstić information content (AvgIpc) is 3.41. The van der Waals surface area contributed by atoms with Gasteiger partial charge >= 0.3 is 5.97 Å². The molecular formula is C25H36N8O7. The van der Waals surface area contributed by atoms with Crippen molar-refractivity contribution in [3.05, 3.63) is 48.0 Å². The fourth-order valence-corrected chi connectivity index (χ4v) is 3.79. The fourth-order valence-electron chi connectivity index (χ4n) is 3.79. The maximum absolute atomic E-state index is 13.3. The summed E-state index contributed by atoms with van der Waals surface area (Å²) >= 11 is 0. The highest BCUT2D eigenvalue weighted by Crippen LogP contribution is 2.11. The van der Waals surface area contributed by atoms with Crippen LogP contribution in [-0.2, 0) is 36.8 Å². The van der Waals surface area contributed by atoms with Crippen molar-refractivity contribution < 1.29 is 34.2 Å². The molecule has 0 aliphatic rings. The summed E-state index contributed by atoms with van der Waals surface area (Å²) in [5.74, 6) is -4.53. The van der Waals surface area contributed by atoms with Gasteiger partial charge in [0.25, 0.3) is 0 Å². The molecule has 0 bridgehead atoms. The molecule has 1 aromatic heterocycles. The first kappa shape index (κ1) is 31.7. The number of phenols is 1. The Balaban J connectivity index is 2.18. The molecule has 0 fully saturated rings. The van der Waals surface area contributed by atoms with Gasteiger partial charge in [0.15, 0.2) is 0 Å². The number of carboxylic acids is 1. The minimum Gasteiger partial charge on any atom is -0.508 e. The van der Waals surface area contributed by atoms with E-state index in [0.29, 0.717) is 30.6 Å². The lowest BCUT2D eigenvalue weighted by Crippen LogP contribution is -2.58. The molecule has 1 aromatic carbocycles. The molecule has 218 valence electrons. The number of amides is 4. The number of rotatable bonds is 17. The van der Waals surface area contributed by atoms with Crippen LogP contribution in [-0.4, -0.2) is 80.5 Å². The third-order valence-corrected chi connectivity index (χ3v) is 5.94. The Hall–Kier alpha value is -4.50. The minimum atomic E-state index is -1.59. The van der Waals surface area contributed by atoms with Crippen molar-refractivity contribution in [1.82, 2.24) is 25.9 Å². The van der Waals surface area contributed by atoms with Gasteiger partial charge in [-0.05, 0) is 49.9 Å². The Morgan fingerprint density at radius 2 is 1.52 bits per heavy atom. The number of phenolic OH excluding ortho intramolecular Hbond substituents is 1. The van der Waals surface area contributed by atoms with Gasteiger partial charge < -0.3 is 48.3 Å². The lowest BCUT2D eigenvalue weighted by molar-refractivity contribution is -0.143. The Labute approximate surface area is 230 Å². The maximum atomic E-state index is 13.3. The number of carboxylic acid groups (broad SMARTS) is 1. The Bertz CT molecular complexity index is 1140. The number of carbonyl (C=O) groups is 5. The van der Waals surface area contributed by atoms with Gasteiger partial charge in [0.1, 0.15) is 23.9 Å². The second-order valence-corrected chi connectivity index (χ2v) is 9.23. The zero-order chi connectivity index (χ0) is 29.7. The maximum Gasteiger partial charge on any atom is 0.326 e. The summed E-state index contributed by atoms with van der Waals surface area (Å²) in [6.07, 6.45) is 3.42. The molecule has 0 saturated heterocycles. The van der Waals surface area contributed by atoms with Crippen molar-refractivity contribution >= 4 is 29.6 Å². The van der Waals surface area contributed by atoms with Crippen molar-refractivity contribution in [2.45, 2.75) is 62.7 Å².